The maximum absolute atomic E-state index is 8.94. The summed E-state index contributed by atoms with van der Waals surface area (Å²) in [7, 11) is 0. The molecule has 4 nitrogen and oxygen atoms in total. The zero-order valence-electron chi connectivity index (χ0n) is 6.11. The minimum absolute atomic E-state index is 0.117. The van der Waals surface area contributed by atoms with E-state index in [0.29, 0.717) is 10.7 Å². The van der Waals surface area contributed by atoms with Gasteiger partial charge in [0.2, 0.25) is 0 Å². The Bertz CT molecular complexity index is 412. The molecule has 2 aromatic rings. The molecule has 0 spiro atoms. The lowest BCUT2D eigenvalue weighted by atomic mass is 10.3. The first kappa shape index (κ1) is 7.52. The largest absolute Gasteiger partial charge is 0.391 e. The minimum atomic E-state index is -0.117. The van der Waals surface area contributed by atoms with Gasteiger partial charge >= 0.3 is 0 Å². The first-order valence-electron chi connectivity index (χ1n) is 3.42. The van der Waals surface area contributed by atoms with Crippen LogP contribution in [0.1, 0.15) is 5.56 Å². The lowest BCUT2D eigenvalue weighted by molar-refractivity contribution is 0.283. The van der Waals surface area contributed by atoms with Crippen LogP contribution in [0.4, 0.5) is 0 Å². The number of fused-ring (bicyclic) bond motifs is 1. The van der Waals surface area contributed by atoms with Gasteiger partial charge in [0.15, 0.2) is 5.15 Å². The summed E-state index contributed by atoms with van der Waals surface area (Å²) in [5.74, 6) is 0. The first-order chi connectivity index (χ1) is 5.83. The van der Waals surface area contributed by atoms with Gasteiger partial charge in [-0.3, -0.25) is 0 Å². The maximum atomic E-state index is 8.94. The molecule has 2 rings (SSSR count). The lowest BCUT2D eigenvalue weighted by Crippen LogP contribution is -1.91. The Morgan fingerprint density at radius 3 is 3.17 bits per heavy atom. The van der Waals surface area contributed by atoms with Crippen molar-refractivity contribution < 1.29 is 5.11 Å². The van der Waals surface area contributed by atoms with Crippen LogP contribution in [0.3, 0.4) is 0 Å². The second kappa shape index (κ2) is 2.73. The van der Waals surface area contributed by atoms with Crippen molar-refractivity contribution in [2.75, 3.05) is 0 Å². The summed E-state index contributed by atoms with van der Waals surface area (Å²) in [6.07, 6.45) is 1.61. The van der Waals surface area contributed by atoms with Crippen LogP contribution >= 0.6 is 11.6 Å². The molecular formula is C7H6ClN3O. The fraction of sp³-hybridized carbons (Fsp3) is 0.143. The van der Waals surface area contributed by atoms with Gasteiger partial charge in [-0.15, -0.1) is 9.73 Å². The summed E-state index contributed by atoms with van der Waals surface area (Å²) in [6.45, 7) is -0.117. The molecule has 0 aromatic carbocycles. The summed E-state index contributed by atoms with van der Waals surface area (Å²) in [5.41, 5.74) is 1.36. The second-order valence-corrected chi connectivity index (χ2v) is 2.68. The zero-order chi connectivity index (χ0) is 8.55. The molecule has 12 heavy (non-hydrogen) atoms. The number of aliphatic hydroxyl groups excluding tert-OH is 1. The molecule has 1 N–H and O–H groups in total. The molecule has 2 aromatic heterocycles. The molecule has 0 bridgehead atoms. The maximum Gasteiger partial charge on any atom is 0.159 e. The number of halogens is 1. The fourth-order valence-electron chi connectivity index (χ4n) is 1.06. The van der Waals surface area contributed by atoms with Crippen molar-refractivity contribution in [1.82, 2.24) is 14.8 Å². The Balaban J connectivity index is 2.81. The monoisotopic (exact) mass is 183 g/mol. The molecule has 0 fully saturated rings. The van der Waals surface area contributed by atoms with E-state index in [1.54, 1.807) is 18.3 Å². The van der Waals surface area contributed by atoms with Gasteiger partial charge in [-0.2, -0.15) is 5.10 Å². The molecule has 2 heterocycles. The van der Waals surface area contributed by atoms with Gasteiger partial charge in [0.1, 0.15) is 0 Å². The molecule has 0 aliphatic carbocycles. The summed E-state index contributed by atoms with van der Waals surface area (Å²) in [6, 6.07) is 3.57. The lowest BCUT2D eigenvalue weighted by Gasteiger charge is -1.90. The number of hydrogen-bond acceptors (Lipinski definition) is 3. The molecule has 62 valence electrons. The van der Waals surface area contributed by atoms with Crippen molar-refractivity contribution in [2.24, 2.45) is 0 Å². The van der Waals surface area contributed by atoms with Crippen molar-refractivity contribution in [3.8, 4) is 0 Å². The average molecular weight is 184 g/mol. The smallest absolute Gasteiger partial charge is 0.159 e. The number of hydrogen-bond donors (Lipinski definition) is 1. The highest BCUT2D eigenvalue weighted by atomic mass is 35.5. The van der Waals surface area contributed by atoms with Crippen LogP contribution < -0.4 is 0 Å². The highest BCUT2D eigenvalue weighted by Crippen LogP contribution is 2.18. The summed E-state index contributed by atoms with van der Waals surface area (Å²) < 4.78 is 1.40. The van der Waals surface area contributed by atoms with Crippen LogP contribution in [0.25, 0.3) is 5.52 Å². The van der Waals surface area contributed by atoms with Crippen LogP contribution in [0.5, 0.6) is 0 Å². The van der Waals surface area contributed by atoms with Crippen molar-refractivity contribution >= 4 is 17.1 Å². The predicted octanol–water partition coefficient (Wildman–Crippen LogP) is 0.875. The van der Waals surface area contributed by atoms with Gasteiger partial charge in [0.25, 0.3) is 0 Å². The highest BCUT2D eigenvalue weighted by Gasteiger charge is 2.08. The Hall–Kier alpha value is -1.13. The molecule has 0 atom stereocenters. The Morgan fingerprint density at radius 2 is 2.42 bits per heavy atom. The average Bonchev–Trinajstić information content (AvgIpc) is 2.40. The standard InChI is InChI=1S/C7H6ClN3O/c8-7-5(4-12)6-2-1-3-9-11(6)10-7/h1-3,12H,4H2. The van der Waals surface area contributed by atoms with Crippen molar-refractivity contribution in [1.29, 1.82) is 0 Å². The van der Waals surface area contributed by atoms with Crippen molar-refractivity contribution in [2.45, 2.75) is 6.61 Å². The second-order valence-electron chi connectivity index (χ2n) is 2.33. The Morgan fingerprint density at radius 1 is 1.58 bits per heavy atom. The van der Waals surface area contributed by atoms with Crippen LogP contribution in [-0.2, 0) is 6.61 Å². The molecule has 0 radical (unpaired) electrons. The van der Waals surface area contributed by atoms with Gasteiger partial charge in [-0.05, 0) is 12.1 Å². The third-order valence-corrected chi connectivity index (χ3v) is 1.93. The van der Waals surface area contributed by atoms with E-state index in [9.17, 15) is 0 Å². The minimum Gasteiger partial charge on any atom is -0.391 e. The zero-order valence-corrected chi connectivity index (χ0v) is 6.86. The number of rotatable bonds is 1. The molecule has 0 unspecified atom stereocenters. The van der Waals surface area contributed by atoms with E-state index in [1.165, 1.54) is 4.63 Å². The topological polar surface area (TPSA) is 50.4 Å². The summed E-state index contributed by atoms with van der Waals surface area (Å²) in [4.78, 5) is 0. The molecular weight excluding hydrogens is 178 g/mol. The Kier molecular flexibility index (Phi) is 1.71. The highest BCUT2D eigenvalue weighted by molar-refractivity contribution is 6.30. The fourth-order valence-corrected chi connectivity index (χ4v) is 1.29. The number of aromatic nitrogens is 3. The van der Waals surface area contributed by atoms with Crippen molar-refractivity contribution in [3.05, 3.63) is 29.0 Å². The van der Waals surface area contributed by atoms with Crippen LogP contribution in [0.15, 0.2) is 18.3 Å². The van der Waals surface area contributed by atoms with Crippen molar-refractivity contribution in [3.63, 3.8) is 0 Å². The normalized spacial score (nSPS) is 10.8. The van der Waals surface area contributed by atoms with E-state index in [0.717, 1.165) is 5.52 Å². The number of nitrogens with zero attached hydrogens (tertiary/aromatic N) is 3. The first-order valence-corrected chi connectivity index (χ1v) is 3.80. The van der Waals surface area contributed by atoms with Gasteiger partial charge in [-0.1, -0.05) is 11.6 Å². The quantitative estimate of drug-likeness (QED) is 0.714. The molecule has 0 saturated carbocycles. The molecule has 0 amide bonds. The van der Waals surface area contributed by atoms with Gasteiger partial charge < -0.3 is 5.11 Å². The van der Waals surface area contributed by atoms with Crippen LogP contribution in [-0.4, -0.2) is 19.9 Å². The third kappa shape index (κ3) is 0.964. The molecule has 5 heteroatoms. The van der Waals surface area contributed by atoms with Crippen LogP contribution in [0, 0.1) is 0 Å². The van der Waals surface area contributed by atoms with Gasteiger partial charge in [0, 0.05) is 11.8 Å². The van der Waals surface area contributed by atoms with E-state index in [1.807, 2.05) is 0 Å². The predicted molar refractivity (Wildman–Crippen MR) is 43.9 cm³/mol. The van der Waals surface area contributed by atoms with Crippen LogP contribution in [0.2, 0.25) is 5.15 Å². The van der Waals surface area contributed by atoms with E-state index in [4.69, 9.17) is 16.7 Å². The molecule has 0 aliphatic rings. The molecule has 0 aliphatic heterocycles. The Labute approximate surface area is 73.4 Å². The van der Waals surface area contributed by atoms with Gasteiger partial charge in [0.05, 0.1) is 12.1 Å². The summed E-state index contributed by atoms with van der Waals surface area (Å²) >= 11 is 5.74. The summed E-state index contributed by atoms with van der Waals surface area (Å²) in [5, 5.41) is 17.1. The van der Waals surface area contributed by atoms with E-state index >= 15 is 0 Å². The van der Waals surface area contributed by atoms with E-state index < -0.39 is 0 Å². The SMILES string of the molecule is OCc1c(Cl)nn2ncccc12. The van der Waals surface area contributed by atoms with Gasteiger partial charge in [-0.25, -0.2) is 0 Å². The van der Waals surface area contributed by atoms with E-state index in [-0.39, 0.29) is 6.61 Å². The third-order valence-electron chi connectivity index (χ3n) is 1.63. The number of aliphatic hydroxyl groups is 1. The van der Waals surface area contributed by atoms with E-state index in [2.05, 4.69) is 10.2 Å². The molecule has 0 saturated heterocycles.